The number of halogens is 3. The molecule has 0 bridgehead atoms. The van der Waals surface area contributed by atoms with Gasteiger partial charge in [-0.3, -0.25) is 9.59 Å². The van der Waals surface area contributed by atoms with Crippen molar-refractivity contribution in [3.05, 3.63) is 23.8 Å². The first kappa shape index (κ1) is 17.8. The molecule has 0 aromatic heterocycles. The van der Waals surface area contributed by atoms with E-state index in [0.29, 0.717) is 10.5 Å². The second-order valence-corrected chi connectivity index (χ2v) is 4.58. The molecule has 122 valence electrons. The van der Waals surface area contributed by atoms with Crippen molar-refractivity contribution in [1.29, 1.82) is 0 Å². The normalized spacial score (nSPS) is 11.0. The molecule has 0 atom stereocenters. The van der Waals surface area contributed by atoms with Gasteiger partial charge in [0.15, 0.2) is 23.9 Å². The first-order valence-electron chi connectivity index (χ1n) is 6.26. The highest BCUT2D eigenvalue weighted by Crippen LogP contribution is 2.28. The van der Waals surface area contributed by atoms with Crippen LogP contribution in [0.1, 0.15) is 17.3 Å². The minimum absolute atomic E-state index is 0.168. The van der Waals surface area contributed by atoms with E-state index < -0.39 is 25.2 Å². The molecule has 22 heavy (non-hydrogen) atoms. The quantitative estimate of drug-likeness (QED) is 0.755. The van der Waals surface area contributed by atoms with Crippen LogP contribution in [0.25, 0.3) is 0 Å². The summed E-state index contributed by atoms with van der Waals surface area (Å²) < 4.78 is 46.7. The van der Waals surface area contributed by atoms with Crippen LogP contribution in [0, 0.1) is 0 Å². The summed E-state index contributed by atoms with van der Waals surface area (Å²) in [5, 5.41) is 0. The van der Waals surface area contributed by atoms with Gasteiger partial charge in [0.1, 0.15) is 6.54 Å². The van der Waals surface area contributed by atoms with Crippen LogP contribution >= 0.6 is 0 Å². The van der Waals surface area contributed by atoms with Crippen molar-refractivity contribution in [2.24, 2.45) is 0 Å². The number of ether oxygens (including phenoxy) is 2. The molecule has 0 unspecified atom stereocenters. The summed E-state index contributed by atoms with van der Waals surface area (Å²) in [6, 6.07) is 4.33. The maximum atomic E-state index is 12.2. The third kappa shape index (κ3) is 5.27. The van der Waals surface area contributed by atoms with E-state index in [4.69, 9.17) is 9.47 Å². The highest BCUT2D eigenvalue weighted by molar-refractivity contribution is 5.94. The lowest BCUT2D eigenvalue weighted by molar-refractivity contribution is -0.159. The van der Waals surface area contributed by atoms with Gasteiger partial charge in [-0.25, -0.2) is 0 Å². The molecule has 8 heteroatoms. The third-order valence-corrected chi connectivity index (χ3v) is 2.76. The molecule has 0 saturated carbocycles. The SMILES string of the molecule is COc1cc(C(C)=O)ccc1OCC(=O)N(C)CC(F)(F)F. The van der Waals surface area contributed by atoms with Crippen molar-refractivity contribution in [3.63, 3.8) is 0 Å². The van der Waals surface area contributed by atoms with E-state index >= 15 is 0 Å². The minimum Gasteiger partial charge on any atom is -0.493 e. The van der Waals surface area contributed by atoms with Crippen molar-refractivity contribution in [3.8, 4) is 11.5 Å². The lowest BCUT2D eigenvalue weighted by Gasteiger charge is -2.19. The van der Waals surface area contributed by atoms with Crippen LogP contribution in [0.3, 0.4) is 0 Å². The highest BCUT2D eigenvalue weighted by Gasteiger charge is 2.31. The van der Waals surface area contributed by atoms with Crippen LogP contribution in [0.4, 0.5) is 13.2 Å². The summed E-state index contributed by atoms with van der Waals surface area (Å²) in [5.74, 6) is -0.610. The van der Waals surface area contributed by atoms with Crippen molar-refractivity contribution in [2.45, 2.75) is 13.1 Å². The van der Waals surface area contributed by atoms with Gasteiger partial charge in [0, 0.05) is 12.6 Å². The van der Waals surface area contributed by atoms with Crippen LogP contribution in [0.5, 0.6) is 11.5 Å². The first-order chi connectivity index (χ1) is 10.1. The first-order valence-corrected chi connectivity index (χ1v) is 6.26. The van der Waals surface area contributed by atoms with Gasteiger partial charge in [-0.05, 0) is 25.1 Å². The second kappa shape index (κ2) is 7.15. The maximum Gasteiger partial charge on any atom is 0.406 e. The second-order valence-electron chi connectivity index (χ2n) is 4.58. The highest BCUT2D eigenvalue weighted by atomic mass is 19.4. The van der Waals surface area contributed by atoms with Crippen LogP contribution in [0.15, 0.2) is 18.2 Å². The Labute approximate surface area is 125 Å². The molecule has 0 aliphatic heterocycles. The van der Waals surface area contributed by atoms with Gasteiger partial charge in [-0.2, -0.15) is 13.2 Å². The fourth-order valence-corrected chi connectivity index (χ4v) is 1.61. The lowest BCUT2D eigenvalue weighted by atomic mass is 10.1. The van der Waals surface area contributed by atoms with Crippen LogP contribution in [-0.2, 0) is 4.79 Å². The van der Waals surface area contributed by atoms with Gasteiger partial charge in [-0.15, -0.1) is 0 Å². The molecule has 0 aliphatic rings. The number of amides is 1. The summed E-state index contributed by atoms with van der Waals surface area (Å²) in [4.78, 5) is 23.3. The fraction of sp³-hybridized carbons (Fsp3) is 0.429. The van der Waals surface area contributed by atoms with Crippen molar-refractivity contribution < 1.29 is 32.2 Å². The molecule has 0 heterocycles. The zero-order valence-electron chi connectivity index (χ0n) is 12.4. The Balaban J connectivity index is 2.71. The van der Waals surface area contributed by atoms with Gasteiger partial charge in [-0.1, -0.05) is 0 Å². The number of alkyl halides is 3. The smallest absolute Gasteiger partial charge is 0.406 e. The fourth-order valence-electron chi connectivity index (χ4n) is 1.61. The molecule has 0 spiro atoms. The molecule has 0 radical (unpaired) electrons. The van der Waals surface area contributed by atoms with Gasteiger partial charge in [0.2, 0.25) is 0 Å². The lowest BCUT2D eigenvalue weighted by Crippen LogP contribution is -2.38. The molecule has 0 saturated heterocycles. The Morgan fingerprint density at radius 1 is 1.23 bits per heavy atom. The van der Waals surface area contributed by atoms with E-state index in [1.807, 2.05) is 0 Å². The molecule has 0 aliphatic carbocycles. The van der Waals surface area contributed by atoms with Gasteiger partial charge < -0.3 is 14.4 Å². The summed E-state index contributed by atoms with van der Waals surface area (Å²) in [5.41, 5.74) is 0.393. The monoisotopic (exact) mass is 319 g/mol. The van der Waals surface area contributed by atoms with Gasteiger partial charge in [0.25, 0.3) is 5.91 Å². The van der Waals surface area contributed by atoms with E-state index in [0.717, 1.165) is 7.05 Å². The van der Waals surface area contributed by atoms with Crippen molar-refractivity contribution in [1.82, 2.24) is 4.90 Å². The maximum absolute atomic E-state index is 12.2. The number of benzene rings is 1. The molecule has 1 aromatic rings. The number of likely N-dealkylation sites (N-methyl/N-ethyl adjacent to an activating group) is 1. The molecule has 1 aromatic carbocycles. The Kier molecular flexibility index (Phi) is 5.78. The molecule has 1 amide bonds. The van der Waals surface area contributed by atoms with Crippen LogP contribution in [0.2, 0.25) is 0 Å². The number of Topliss-reactive ketones (excluding diaryl/α,β-unsaturated/α-hetero) is 1. The van der Waals surface area contributed by atoms with Gasteiger partial charge >= 0.3 is 6.18 Å². The predicted octanol–water partition coefficient (Wildman–Crippen LogP) is 2.30. The number of methoxy groups -OCH3 is 1. The summed E-state index contributed by atoms with van der Waals surface area (Å²) in [6.45, 7) is -0.539. The molecule has 0 N–H and O–H groups in total. The summed E-state index contributed by atoms with van der Waals surface area (Å²) in [7, 11) is 2.39. The van der Waals surface area contributed by atoms with E-state index in [-0.39, 0.29) is 17.3 Å². The Bertz CT molecular complexity index is 558. The number of carbonyl (C=O) groups excluding carboxylic acids is 2. The van der Waals surface area contributed by atoms with E-state index in [2.05, 4.69) is 0 Å². The molecule has 5 nitrogen and oxygen atoms in total. The van der Waals surface area contributed by atoms with E-state index in [1.165, 1.54) is 32.2 Å². The Morgan fingerprint density at radius 3 is 2.36 bits per heavy atom. The number of rotatable bonds is 6. The third-order valence-electron chi connectivity index (χ3n) is 2.76. The number of nitrogens with zero attached hydrogens (tertiary/aromatic N) is 1. The number of ketones is 1. The number of hydrogen-bond acceptors (Lipinski definition) is 4. The topological polar surface area (TPSA) is 55.8 Å². The average molecular weight is 319 g/mol. The Morgan fingerprint density at radius 2 is 1.86 bits per heavy atom. The van der Waals surface area contributed by atoms with Crippen LogP contribution < -0.4 is 9.47 Å². The van der Waals surface area contributed by atoms with Crippen molar-refractivity contribution >= 4 is 11.7 Å². The zero-order valence-corrected chi connectivity index (χ0v) is 12.4. The average Bonchev–Trinajstić information content (AvgIpc) is 2.42. The molecular formula is C14H16F3NO4. The molecular weight excluding hydrogens is 303 g/mol. The largest absolute Gasteiger partial charge is 0.493 e. The number of hydrogen-bond donors (Lipinski definition) is 0. The minimum atomic E-state index is -4.47. The molecule has 0 fully saturated rings. The summed E-state index contributed by atoms with van der Waals surface area (Å²) >= 11 is 0. The van der Waals surface area contributed by atoms with E-state index in [9.17, 15) is 22.8 Å². The standard InChI is InChI=1S/C14H16F3NO4/c1-9(19)10-4-5-11(12(6-10)21-3)22-7-13(20)18(2)8-14(15,16)17/h4-6H,7-8H2,1-3H3. The summed E-state index contributed by atoms with van der Waals surface area (Å²) in [6.07, 6.45) is -4.47. The Hall–Kier alpha value is -2.25. The number of carbonyl (C=O) groups is 2. The zero-order chi connectivity index (χ0) is 16.9. The predicted molar refractivity (Wildman–Crippen MR) is 72.2 cm³/mol. The van der Waals surface area contributed by atoms with Gasteiger partial charge in [0.05, 0.1) is 7.11 Å². The van der Waals surface area contributed by atoms with Crippen LogP contribution in [-0.4, -0.2) is 50.1 Å². The molecule has 1 rings (SSSR count). The van der Waals surface area contributed by atoms with E-state index in [1.54, 1.807) is 0 Å². The van der Waals surface area contributed by atoms with Crippen molar-refractivity contribution in [2.75, 3.05) is 27.3 Å².